The highest BCUT2D eigenvalue weighted by molar-refractivity contribution is 7.81. The second-order valence-corrected chi connectivity index (χ2v) is 4.14. The Labute approximate surface area is 65.2 Å². The number of hydrogen-bond acceptors (Lipinski definition) is 2. The minimum absolute atomic E-state index is 0.0165. The SMILES string of the molecule is CC=[S-](=O)NC(C)(C)CC. The van der Waals surface area contributed by atoms with Gasteiger partial charge in [0.25, 0.3) is 0 Å². The van der Waals surface area contributed by atoms with Gasteiger partial charge in [0.2, 0.25) is 0 Å². The fraction of sp³-hybridized carbons (Fsp3) is 0.857. The van der Waals surface area contributed by atoms with Gasteiger partial charge in [-0.15, -0.1) is 0 Å². The van der Waals surface area contributed by atoms with E-state index in [-0.39, 0.29) is 5.54 Å². The van der Waals surface area contributed by atoms with Crippen LogP contribution >= 0.6 is 0 Å². The summed E-state index contributed by atoms with van der Waals surface area (Å²) < 4.78 is 13.9. The minimum atomic E-state index is -0.971. The standard InChI is InChI=1S/C7H16NOS/c1-5-7(3,4)8-10(9)6-2/h6H,5H2,1-4H3,(H,8,9)/q-1. The first-order chi connectivity index (χ1) is 4.52. The van der Waals surface area contributed by atoms with Crippen molar-refractivity contribution in [3.63, 3.8) is 0 Å². The zero-order chi connectivity index (χ0) is 8.20. The fourth-order valence-corrected chi connectivity index (χ4v) is 1.21. The maximum atomic E-state index is 10.9. The molecule has 2 nitrogen and oxygen atoms in total. The summed E-state index contributed by atoms with van der Waals surface area (Å²) in [5.41, 5.74) is -0.0165. The summed E-state index contributed by atoms with van der Waals surface area (Å²) in [6.45, 7) is 7.93. The summed E-state index contributed by atoms with van der Waals surface area (Å²) in [7, 11) is -0.971. The van der Waals surface area contributed by atoms with Gasteiger partial charge in [0.15, 0.2) is 0 Å². The number of hydrogen-bond donors (Lipinski definition) is 1. The van der Waals surface area contributed by atoms with Crippen molar-refractivity contribution in [3.8, 4) is 0 Å². The topological polar surface area (TPSA) is 29.1 Å². The molecule has 0 aliphatic heterocycles. The first-order valence-electron chi connectivity index (χ1n) is 3.49. The average molecular weight is 162 g/mol. The Morgan fingerprint density at radius 3 is 2.40 bits per heavy atom. The Balaban J connectivity index is 4.02. The van der Waals surface area contributed by atoms with Crippen molar-refractivity contribution in [2.45, 2.75) is 39.7 Å². The van der Waals surface area contributed by atoms with E-state index in [4.69, 9.17) is 0 Å². The number of rotatable bonds is 3. The van der Waals surface area contributed by atoms with Crippen LogP contribution in [0.4, 0.5) is 0 Å². The van der Waals surface area contributed by atoms with Gasteiger partial charge in [-0.05, 0) is 25.8 Å². The highest BCUT2D eigenvalue weighted by atomic mass is 32.2. The van der Waals surface area contributed by atoms with Crippen molar-refractivity contribution in [2.75, 3.05) is 0 Å². The van der Waals surface area contributed by atoms with Gasteiger partial charge in [0.05, 0.1) is 0 Å². The Morgan fingerprint density at radius 2 is 2.10 bits per heavy atom. The first kappa shape index (κ1) is 9.98. The molecule has 0 saturated carbocycles. The van der Waals surface area contributed by atoms with Gasteiger partial charge in [-0.1, -0.05) is 13.8 Å². The molecule has 0 saturated heterocycles. The first-order valence-corrected chi connectivity index (χ1v) is 4.71. The second kappa shape index (κ2) is 3.98. The third-order valence-electron chi connectivity index (χ3n) is 1.47. The molecule has 0 fully saturated rings. The van der Waals surface area contributed by atoms with Crippen LogP contribution in [0, 0.1) is 0 Å². The van der Waals surface area contributed by atoms with E-state index in [1.165, 1.54) is 0 Å². The van der Waals surface area contributed by atoms with E-state index < -0.39 is 10.6 Å². The van der Waals surface area contributed by atoms with Crippen molar-refractivity contribution in [1.82, 2.24) is 4.72 Å². The molecule has 0 aromatic heterocycles. The van der Waals surface area contributed by atoms with Crippen molar-refractivity contribution in [3.05, 3.63) is 0 Å². The molecule has 0 spiro atoms. The molecule has 0 rings (SSSR count). The van der Waals surface area contributed by atoms with E-state index in [1.54, 1.807) is 12.3 Å². The quantitative estimate of drug-likeness (QED) is 0.494. The van der Waals surface area contributed by atoms with Gasteiger partial charge in [0.1, 0.15) is 0 Å². The summed E-state index contributed by atoms with van der Waals surface area (Å²) >= 11 is 0. The summed E-state index contributed by atoms with van der Waals surface area (Å²) in [5.74, 6) is 0. The van der Waals surface area contributed by atoms with E-state index in [2.05, 4.69) is 11.6 Å². The third kappa shape index (κ3) is 3.90. The molecule has 0 amide bonds. The molecule has 1 N–H and O–H groups in total. The summed E-state index contributed by atoms with van der Waals surface area (Å²) in [6.07, 6.45) is 0.979. The Morgan fingerprint density at radius 1 is 1.60 bits per heavy atom. The summed E-state index contributed by atoms with van der Waals surface area (Å²) in [5, 5.41) is 1.65. The van der Waals surface area contributed by atoms with Crippen LogP contribution in [0.2, 0.25) is 0 Å². The van der Waals surface area contributed by atoms with Crippen molar-refractivity contribution < 1.29 is 4.21 Å². The summed E-state index contributed by atoms with van der Waals surface area (Å²) in [6, 6.07) is 0. The Bertz CT molecular complexity index is 168. The lowest BCUT2D eigenvalue weighted by atomic mass is 10.0. The third-order valence-corrected chi connectivity index (χ3v) is 2.66. The predicted molar refractivity (Wildman–Crippen MR) is 47.3 cm³/mol. The monoisotopic (exact) mass is 162 g/mol. The molecule has 0 aromatic carbocycles. The Kier molecular flexibility index (Phi) is 3.98. The smallest absolute Gasteiger partial charge is 0.00381 e. The molecule has 0 aliphatic carbocycles. The van der Waals surface area contributed by atoms with Gasteiger partial charge in [-0.25, -0.2) is 10.6 Å². The lowest BCUT2D eigenvalue weighted by molar-refractivity contribution is 0.454. The van der Waals surface area contributed by atoms with Crippen LogP contribution in [0.3, 0.4) is 0 Å². The van der Waals surface area contributed by atoms with Gasteiger partial charge >= 0.3 is 0 Å². The molecule has 0 heterocycles. The van der Waals surface area contributed by atoms with Crippen LogP contribution in [0.5, 0.6) is 0 Å². The lowest BCUT2D eigenvalue weighted by Crippen LogP contribution is -2.37. The van der Waals surface area contributed by atoms with Gasteiger partial charge < -0.3 is 8.93 Å². The van der Waals surface area contributed by atoms with Gasteiger partial charge in [-0.2, -0.15) is 5.37 Å². The van der Waals surface area contributed by atoms with Crippen LogP contribution in [0.15, 0.2) is 0 Å². The van der Waals surface area contributed by atoms with E-state index in [0.29, 0.717) is 0 Å². The number of nitrogens with one attached hydrogen (secondary N) is 1. The van der Waals surface area contributed by atoms with Crippen molar-refractivity contribution in [1.29, 1.82) is 0 Å². The van der Waals surface area contributed by atoms with Gasteiger partial charge in [0, 0.05) is 0 Å². The normalized spacial score (nSPS) is 15.6. The Hall–Kier alpha value is -0.0200. The van der Waals surface area contributed by atoms with Crippen molar-refractivity contribution in [2.24, 2.45) is 0 Å². The highest BCUT2D eigenvalue weighted by Crippen LogP contribution is 2.05. The van der Waals surface area contributed by atoms with E-state index in [0.717, 1.165) is 6.42 Å². The largest absolute Gasteiger partial charge is 0.448 e. The molecule has 3 heteroatoms. The zero-order valence-electron chi connectivity index (χ0n) is 7.10. The minimum Gasteiger partial charge on any atom is -0.448 e. The molecule has 0 atom stereocenters. The lowest BCUT2D eigenvalue weighted by Gasteiger charge is -2.28. The molecule has 0 unspecified atom stereocenters. The molecule has 0 radical (unpaired) electrons. The van der Waals surface area contributed by atoms with Crippen molar-refractivity contribution >= 4 is 15.9 Å². The van der Waals surface area contributed by atoms with E-state index in [1.807, 2.05) is 13.8 Å². The van der Waals surface area contributed by atoms with Gasteiger partial charge in [-0.3, -0.25) is 0 Å². The molecule has 0 aromatic rings. The second-order valence-electron chi connectivity index (χ2n) is 2.87. The highest BCUT2D eigenvalue weighted by Gasteiger charge is 2.08. The van der Waals surface area contributed by atoms with Crippen LogP contribution in [-0.2, 0) is 14.8 Å². The van der Waals surface area contributed by atoms with E-state index in [9.17, 15) is 4.21 Å². The maximum absolute atomic E-state index is 10.9. The molecule has 0 aliphatic rings. The molecule has 0 bridgehead atoms. The fourth-order valence-electron chi connectivity index (χ4n) is 0.403. The molecule has 62 valence electrons. The zero-order valence-corrected chi connectivity index (χ0v) is 7.92. The summed E-state index contributed by atoms with van der Waals surface area (Å²) in [4.78, 5) is 0. The van der Waals surface area contributed by atoms with Crippen LogP contribution in [0.1, 0.15) is 34.1 Å². The molecule has 10 heavy (non-hydrogen) atoms. The maximum Gasteiger partial charge on any atom is -0.00381 e. The van der Waals surface area contributed by atoms with Crippen LogP contribution in [-0.4, -0.2) is 10.9 Å². The van der Waals surface area contributed by atoms with Crippen LogP contribution in [0.25, 0.3) is 0 Å². The molecular weight excluding hydrogens is 146 g/mol. The van der Waals surface area contributed by atoms with E-state index >= 15 is 0 Å². The average Bonchev–Trinajstić information content (AvgIpc) is 1.87. The molecular formula is C7H16NOS-. The van der Waals surface area contributed by atoms with Crippen LogP contribution < -0.4 is 4.72 Å². The predicted octanol–water partition coefficient (Wildman–Crippen LogP) is 1.47.